The van der Waals surface area contributed by atoms with Crippen LogP contribution >= 0.6 is 50.9 Å². The van der Waals surface area contributed by atoms with Gasteiger partial charge in [-0.1, -0.05) is 53.5 Å². The van der Waals surface area contributed by atoms with Crippen LogP contribution in [0.25, 0.3) is 6.08 Å². The van der Waals surface area contributed by atoms with Crippen LogP contribution in [0.4, 0.5) is 9.18 Å². The Morgan fingerprint density at radius 1 is 1.03 bits per heavy atom. The molecule has 1 fully saturated rings. The molecule has 2 amide bonds. The number of benzene rings is 3. The molecule has 1 aliphatic rings. The lowest BCUT2D eigenvalue weighted by Gasteiger charge is -2.14. The zero-order valence-electron chi connectivity index (χ0n) is 16.9. The first-order valence-corrected chi connectivity index (χ1v) is 12.0. The van der Waals surface area contributed by atoms with Gasteiger partial charge in [0.2, 0.25) is 0 Å². The number of rotatable bonds is 6. The summed E-state index contributed by atoms with van der Waals surface area (Å²) in [5.41, 5.74) is 1.66. The highest BCUT2D eigenvalue weighted by Crippen LogP contribution is 2.36. The Morgan fingerprint density at radius 2 is 1.79 bits per heavy atom. The van der Waals surface area contributed by atoms with E-state index in [0.29, 0.717) is 27.4 Å². The molecule has 4 nitrogen and oxygen atoms in total. The second-order valence-corrected chi connectivity index (χ2v) is 9.70. The van der Waals surface area contributed by atoms with Crippen molar-refractivity contribution in [2.75, 3.05) is 0 Å². The van der Waals surface area contributed by atoms with Crippen LogP contribution in [-0.2, 0) is 17.9 Å². The molecule has 3 aromatic rings. The van der Waals surface area contributed by atoms with Crippen molar-refractivity contribution in [1.29, 1.82) is 0 Å². The highest BCUT2D eigenvalue weighted by atomic mass is 79.9. The third-order valence-electron chi connectivity index (χ3n) is 4.85. The summed E-state index contributed by atoms with van der Waals surface area (Å²) in [7, 11) is 0. The van der Waals surface area contributed by atoms with Gasteiger partial charge in [0.05, 0.1) is 15.9 Å². The fourth-order valence-electron chi connectivity index (χ4n) is 3.12. The molecule has 1 heterocycles. The van der Waals surface area contributed by atoms with E-state index in [0.717, 1.165) is 22.2 Å². The predicted molar refractivity (Wildman–Crippen MR) is 133 cm³/mol. The Kier molecular flexibility index (Phi) is 7.44. The van der Waals surface area contributed by atoms with E-state index in [1.54, 1.807) is 30.3 Å². The first kappa shape index (κ1) is 23.8. The lowest BCUT2D eigenvalue weighted by Crippen LogP contribution is -2.28. The van der Waals surface area contributed by atoms with Crippen molar-refractivity contribution in [3.8, 4) is 5.75 Å². The van der Waals surface area contributed by atoms with Gasteiger partial charge in [-0.2, -0.15) is 0 Å². The molecule has 0 aliphatic carbocycles. The number of carbonyl (C=O) groups is 2. The molecule has 0 unspecified atom stereocenters. The van der Waals surface area contributed by atoms with Gasteiger partial charge in [-0.25, -0.2) is 4.39 Å². The van der Waals surface area contributed by atoms with E-state index in [9.17, 15) is 14.0 Å². The lowest BCUT2D eigenvalue weighted by molar-refractivity contribution is -0.123. The molecule has 0 spiro atoms. The topological polar surface area (TPSA) is 46.6 Å². The van der Waals surface area contributed by atoms with Crippen LogP contribution < -0.4 is 4.74 Å². The number of thioether (sulfide) groups is 1. The number of nitrogens with zero attached hydrogens (tertiary/aromatic N) is 1. The van der Waals surface area contributed by atoms with Crippen molar-refractivity contribution in [3.63, 3.8) is 0 Å². The molecule has 0 aromatic heterocycles. The van der Waals surface area contributed by atoms with Gasteiger partial charge >= 0.3 is 0 Å². The molecule has 0 saturated carbocycles. The largest absolute Gasteiger partial charge is 0.488 e. The summed E-state index contributed by atoms with van der Waals surface area (Å²) >= 11 is 16.5. The standard InChI is InChI=1S/C24H15BrCl2FNO3S/c25-17-10-14(8-9-21(17)32-13-15-4-1-2-5-18(15)26)11-22-23(30)29(24(31)33-22)12-16-19(27)6-3-7-20(16)28/h1-11H,12-13H2/b22-11-. The van der Waals surface area contributed by atoms with Crippen molar-refractivity contribution in [3.05, 3.63) is 103 Å². The number of amides is 2. The van der Waals surface area contributed by atoms with Gasteiger partial charge in [0.1, 0.15) is 18.2 Å². The maximum absolute atomic E-state index is 14.1. The third-order valence-corrected chi connectivity index (χ3v) is 7.10. The summed E-state index contributed by atoms with van der Waals surface area (Å²) in [6, 6.07) is 17.0. The monoisotopic (exact) mass is 565 g/mol. The Morgan fingerprint density at radius 3 is 2.52 bits per heavy atom. The lowest BCUT2D eigenvalue weighted by atomic mass is 10.2. The molecule has 0 radical (unpaired) electrons. The average Bonchev–Trinajstić information content (AvgIpc) is 3.04. The van der Waals surface area contributed by atoms with Gasteiger partial charge in [0.15, 0.2) is 0 Å². The summed E-state index contributed by atoms with van der Waals surface area (Å²) < 4.78 is 20.6. The van der Waals surface area contributed by atoms with Crippen LogP contribution in [0.2, 0.25) is 10.0 Å². The Labute approximate surface area is 212 Å². The van der Waals surface area contributed by atoms with E-state index in [2.05, 4.69) is 15.9 Å². The smallest absolute Gasteiger partial charge is 0.293 e. The highest BCUT2D eigenvalue weighted by Gasteiger charge is 2.35. The predicted octanol–water partition coefficient (Wildman–Crippen LogP) is 7.71. The molecular weight excluding hydrogens is 552 g/mol. The molecule has 0 bridgehead atoms. The van der Waals surface area contributed by atoms with Crippen LogP contribution in [0, 0.1) is 5.82 Å². The minimum atomic E-state index is -0.568. The zero-order valence-corrected chi connectivity index (χ0v) is 20.8. The van der Waals surface area contributed by atoms with Crippen LogP contribution in [0.3, 0.4) is 0 Å². The van der Waals surface area contributed by atoms with E-state index in [-0.39, 0.29) is 22.0 Å². The Hall–Kier alpha value is -2.32. The minimum absolute atomic E-state index is 0.102. The highest BCUT2D eigenvalue weighted by molar-refractivity contribution is 9.10. The number of carbonyl (C=O) groups excluding carboxylic acids is 2. The third kappa shape index (κ3) is 5.44. The molecule has 1 aliphatic heterocycles. The van der Waals surface area contributed by atoms with Crippen LogP contribution in [0.15, 0.2) is 70.0 Å². The van der Waals surface area contributed by atoms with E-state index < -0.39 is 17.0 Å². The van der Waals surface area contributed by atoms with E-state index in [1.165, 1.54) is 18.2 Å². The second-order valence-electron chi connectivity index (χ2n) is 7.04. The Balaban J connectivity index is 1.48. The zero-order chi connectivity index (χ0) is 23.5. The fraction of sp³-hybridized carbons (Fsp3) is 0.0833. The fourth-order valence-corrected chi connectivity index (χ4v) is 4.89. The van der Waals surface area contributed by atoms with Crippen molar-refractivity contribution in [1.82, 2.24) is 4.90 Å². The molecule has 168 valence electrons. The maximum Gasteiger partial charge on any atom is 0.293 e. The molecule has 9 heteroatoms. The summed E-state index contributed by atoms with van der Waals surface area (Å²) in [5, 5.41) is 0.302. The van der Waals surface area contributed by atoms with Crippen LogP contribution in [0.5, 0.6) is 5.75 Å². The van der Waals surface area contributed by atoms with Crippen LogP contribution in [-0.4, -0.2) is 16.0 Å². The van der Waals surface area contributed by atoms with Crippen molar-refractivity contribution in [2.24, 2.45) is 0 Å². The molecule has 33 heavy (non-hydrogen) atoms. The van der Waals surface area contributed by atoms with Gasteiger partial charge in [0.25, 0.3) is 11.1 Å². The normalized spacial score (nSPS) is 14.9. The number of halogens is 4. The van der Waals surface area contributed by atoms with Gasteiger partial charge in [-0.05, 0) is 69.7 Å². The maximum atomic E-state index is 14.1. The van der Waals surface area contributed by atoms with E-state index in [4.69, 9.17) is 27.9 Å². The SMILES string of the molecule is O=C1S/C(=C\c2ccc(OCc3ccccc3Cl)c(Br)c2)C(=O)N1Cc1c(F)cccc1Cl. The van der Waals surface area contributed by atoms with Gasteiger partial charge in [-0.3, -0.25) is 14.5 Å². The van der Waals surface area contributed by atoms with E-state index in [1.807, 2.05) is 18.2 Å². The van der Waals surface area contributed by atoms with Crippen LogP contribution in [0.1, 0.15) is 16.7 Å². The number of imide groups is 1. The molecule has 3 aromatic carbocycles. The van der Waals surface area contributed by atoms with Gasteiger partial charge in [-0.15, -0.1) is 0 Å². The molecule has 0 atom stereocenters. The second kappa shape index (κ2) is 10.3. The van der Waals surface area contributed by atoms with Gasteiger partial charge < -0.3 is 4.74 Å². The quantitative estimate of drug-likeness (QED) is 0.287. The average molecular weight is 567 g/mol. The molecule has 0 N–H and O–H groups in total. The number of ether oxygens (including phenoxy) is 1. The Bertz CT molecular complexity index is 1260. The minimum Gasteiger partial charge on any atom is -0.488 e. The van der Waals surface area contributed by atoms with Gasteiger partial charge in [0, 0.05) is 21.2 Å². The van der Waals surface area contributed by atoms with Crippen molar-refractivity contribution < 1.29 is 18.7 Å². The first-order chi connectivity index (χ1) is 15.8. The molecule has 4 rings (SSSR count). The number of hydrogen-bond acceptors (Lipinski definition) is 4. The number of hydrogen-bond donors (Lipinski definition) is 0. The molecular formula is C24H15BrCl2FNO3S. The first-order valence-electron chi connectivity index (χ1n) is 9.67. The van der Waals surface area contributed by atoms with Crippen molar-refractivity contribution >= 4 is 68.1 Å². The summed E-state index contributed by atoms with van der Waals surface area (Å²) in [4.78, 5) is 26.4. The van der Waals surface area contributed by atoms with Crippen molar-refractivity contribution in [2.45, 2.75) is 13.2 Å². The summed E-state index contributed by atoms with van der Waals surface area (Å²) in [6.45, 7) is 0.0706. The molecule has 1 saturated heterocycles. The summed E-state index contributed by atoms with van der Waals surface area (Å²) in [6.07, 6.45) is 1.61. The summed E-state index contributed by atoms with van der Waals surface area (Å²) in [5.74, 6) is -0.462. The van der Waals surface area contributed by atoms with E-state index >= 15 is 0 Å².